The van der Waals surface area contributed by atoms with Crippen molar-refractivity contribution in [2.45, 2.75) is 0 Å². The molecule has 0 atom stereocenters. The molecule has 0 bridgehead atoms. The Hall–Kier alpha value is -2.03. The normalized spacial score (nSPS) is 11.1. The molecule has 3 nitrogen and oxygen atoms in total. The number of benzene rings is 1. The average molecular weight is 183 g/mol. The highest BCUT2D eigenvalue weighted by Gasteiger charge is 2.03. The largest absolute Gasteiger partial charge is 0.383 e. The Morgan fingerprint density at radius 2 is 2.00 bits per heavy atom. The van der Waals surface area contributed by atoms with Crippen molar-refractivity contribution in [1.82, 2.24) is 9.97 Å². The zero-order valence-corrected chi connectivity index (χ0v) is 7.49. The first-order chi connectivity index (χ1) is 6.86. The van der Waals surface area contributed by atoms with Gasteiger partial charge in [-0.2, -0.15) is 0 Å². The molecule has 1 heterocycles. The number of hydrogen-bond acceptors (Lipinski definition) is 2. The van der Waals surface area contributed by atoms with E-state index in [9.17, 15) is 0 Å². The highest BCUT2D eigenvalue weighted by molar-refractivity contribution is 6.08. The van der Waals surface area contributed by atoms with Gasteiger partial charge in [-0.1, -0.05) is 24.3 Å². The van der Waals surface area contributed by atoms with Crippen molar-refractivity contribution in [2.75, 3.05) is 5.73 Å². The smallest absolute Gasteiger partial charge is 0.134 e. The Balaban J connectivity index is 2.64. The van der Waals surface area contributed by atoms with Gasteiger partial charge in [-0.25, -0.2) is 4.98 Å². The molecule has 0 aliphatic heterocycles. The standard InChI is InChI=1S/C11H9N3/c12-11-9-5-4-7-2-1-3-8(7)10(9)13-6-14-11/h1-6H,12H2,(H,13,14). The van der Waals surface area contributed by atoms with E-state index in [-0.39, 0.29) is 0 Å². The summed E-state index contributed by atoms with van der Waals surface area (Å²) in [5.74, 6) is 0.571. The number of nitrogens with one attached hydrogen (secondary N) is 1. The van der Waals surface area contributed by atoms with Gasteiger partial charge in [-0.15, -0.1) is 0 Å². The minimum atomic E-state index is 0.571. The van der Waals surface area contributed by atoms with Gasteiger partial charge in [-0.3, -0.25) is 0 Å². The molecule has 0 saturated heterocycles. The summed E-state index contributed by atoms with van der Waals surface area (Å²) in [5.41, 5.74) is 6.84. The predicted molar refractivity (Wildman–Crippen MR) is 58.0 cm³/mol. The van der Waals surface area contributed by atoms with E-state index in [1.165, 1.54) is 10.8 Å². The van der Waals surface area contributed by atoms with Crippen molar-refractivity contribution in [1.29, 1.82) is 0 Å². The molecule has 68 valence electrons. The van der Waals surface area contributed by atoms with E-state index in [1.54, 1.807) is 6.33 Å². The summed E-state index contributed by atoms with van der Waals surface area (Å²) >= 11 is 0. The molecule has 2 aromatic carbocycles. The molecule has 3 aromatic rings. The van der Waals surface area contributed by atoms with Crippen LogP contribution in [0.15, 0.2) is 36.7 Å². The number of nitrogens with zero attached hydrogens (tertiary/aromatic N) is 1. The van der Waals surface area contributed by atoms with Crippen molar-refractivity contribution < 1.29 is 0 Å². The van der Waals surface area contributed by atoms with Gasteiger partial charge < -0.3 is 10.7 Å². The number of nitrogen functional groups attached to an aromatic ring is 1. The van der Waals surface area contributed by atoms with Crippen LogP contribution in [0.3, 0.4) is 0 Å². The average Bonchev–Trinajstić information content (AvgIpc) is 2.66. The molecule has 0 aliphatic carbocycles. The van der Waals surface area contributed by atoms with E-state index >= 15 is 0 Å². The van der Waals surface area contributed by atoms with Crippen molar-refractivity contribution in [2.24, 2.45) is 0 Å². The van der Waals surface area contributed by atoms with Crippen molar-refractivity contribution in [3.63, 3.8) is 0 Å². The maximum Gasteiger partial charge on any atom is 0.134 e. The summed E-state index contributed by atoms with van der Waals surface area (Å²) in [4.78, 5) is 7.15. The predicted octanol–water partition coefficient (Wildman–Crippen LogP) is 2.30. The van der Waals surface area contributed by atoms with Gasteiger partial charge >= 0.3 is 0 Å². The summed E-state index contributed by atoms with van der Waals surface area (Å²) in [6, 6.07) is 10.3. The van der Waals surface area contributed by atoms with Crippen LogP contribution >= 0.6 is 0 Å². The maximum absolute atomic E-state index is 5.78. The number of nitrogens with two attached hydrogens (primary N) is 1. The van der Waals surface area contributed by atoms with Crippen LogP contribution in [0.4, 0.5) is 5.82 Å². The first kappa shape index (κ1) is 7.38. The lowest BCUT2D eigenvalue weighted by atomic mass is 10.1. The van der Waals surface area contributed by atoms with Gasteiger partial charge in [0.2, 0.25) is 0 Å². The van der Waals surface area contributed by atoms with Crippen LogP contribution in [0.2, 0.25) is 0 Å². The van der Waals surface area contributed by atoms with Gasteiger partial charge in [0.15, 0.2) is 0 Å². The van der Waals surface area contributed by atoms with E-state index in [0.717, 1.165) is 10.9 Å². The molecule has 3 heteroatoms. The number of aromatic amines is 1. The fourth-order valence-corrected chi connectivity index (χ4v) is 1.81. The Morgan fingerprint density at radius 1 is 1.07 bits per heavy atom. The summed E-state index contributed by atoms with van der Waals surface area (Å²) in [6.07, 6.45) is 1.63. The maximum atomic E-state index is 5.78. The number of hydrogen-bond donors (Lipinski definition) is 2. The summed E-state index contributed by atoms with van der Waals surface area (Å²) in [6.45, 7) is 0. The van der Waals surface area contributed by atoms with Gasteiger partial charge in [-0.05, 0) is 11.5 Å². The van der Waals surface area contributed by atoms with Crippen LogP contribution in [0.5, 0.6) is 0 Å². The molecule has 0 fully saturated rings. The minimum Gasteiger partial charge on any atom is -0.383 e. The molecule has 0 amide bonds. The molecule has 1 aromatic heterocycles. The lowest BCUT2D eigenvalue weighted by molar-refractivity contribution is 1.24. The van der Waals surface area contributed by atoms with Crippen molar-refractivity contribution in [3.05, 3.63) is 36.7 Å². The number of rotatable bonds is 0. The zero-order valence-electron chi connectivity index (χ0n) is 7.49. The molecule has 0 unspecified atom stereocenters. The van der Waals surface area contributed by atoms with E-state index in [1.807, 2.05) is 12.1 Å². The summed E-state index contributed by atoms with van der Waals surface area (Å²) in [7, 11) is 0. The monoisotopic (exact) mass is 183 g/mol. The Morgan fingerprint density at radius 3 is 2.93 bits per heavy atom. The first-order valence-electron chi connectivity index (χ1n) is 4.46. The highest BCUT2D eigenvalue weighted by atomic mass is 14.9. The second-order valence-electron chi connectivity index (χ2n) is 3.30. The molecule has 0 spiro atoms. The van der Waals surface area contributed by atoms with E-state index in [4.69, 9.17) is 5.73 Å². The van der Waals surface area contributed by atoms with Crippen LogP contribution < -0.4 is 5.73 Å². The van der Waals surface area contributed by atoms with Gasteiger partial charge in [0.25, 0.3) is 0 Å². The zero-order chi connectivity index (χ0) is 9.54. The lowest BCUT2D eigenvalue weighted by Gasteiger charge is -2.02. The lowest BCUT2D eigenvalue weighted by Crippen LogP contribution is -1.92. The number of fused-ring (bicyclic) bond motifs is 3. The third kappa shape index (κ3) is 0.836. The van der Waals surface area contributed by atoms with Crippen LogP contribution in [0.25, 0.3) is 21.7 Å². The molecule has 3 rings (SSSR count). The molecule has 3 N–H and O–H groups in total. The summed E-state index contributed by atoms with van der Waals surface area (Å²) in [5, 5.41) is 3.39. The Kier molecular flexibility index (Phi) is 1.31. The SMILES string of the molecule is Nc1nc[nH]c2c1ccc1cccc12. The topological polar surface area (TPSA) is 54.7 Å². The number of aromatic nitrogens is 2. The molecule has 0 aliphatic rings. The molecular weight excluding hydrogens is 174 g/mol. The van der Waals surface area contributed by atoms with Crippen LogP contribution in [-0.2, 0) is 0 Å². The van der Waals surface area contributed by atoms with E-state index in [0.29, 0.717) is 5.82 Å². The highest BCUT2D eigenvalue weighted by Crippen LogP contribution is 2.26. The van der Waals surface area contributed by atoms with Gasteiger partial charge in [0, 0.05) is 10.8 Å². The van der Waals surface area contributed by atoms with Crippen LogP contribution in [-0.4, -0.2) is 9.97 Å². The minimum absolute atomic E-state index is 0.571. The molecular formula is C11H9N3. The second kappa shape index (κ2) is 2.48. The summed E-state index contributed by atoms with van der Waals surface area (Å²) < 4.78 is 0. The number of anilines is 1. The third-order valence-electron chi connectivity index (χ3n) is 2.51. The first-order valence-corrected chi connectivity index (χ1v) is 4.46. The van der Waals surface area contributed by atoms with E-state index < -0.39 is 0 Å². The molecule has 0 radical (unpaired) electrons. The molecule has 0 saturated carbocycles. The quantitative estimate of drug-likeness (QED) is 0.561. The van der Waals surface area contributed by atoms with Crippen molar-refractivity contribution >= 4 is 27.5 Å². The third-order valence-corrected chi connectivity index (χ3v) is 2.51. The molecule has 14 heavy (non-hydrogen) atoms. The fourth-order valence-electron chi connectivity index (χ4n) is 1.81. The van der Waals surface area contributed by atoms with Crippen LogP contribution in [0.1, 0.15) is 0 Å². The second-order valence-corrected chi connectivity index (χ2v) is 3.30. The van der Waals surface area contributed by atoms with Gasteiger partial charge in [0.1, 0.15) is 5.82 Å². The Bertz CT molecular complexity index is 610. The van der Waals surface area contributed by atoms with Crippen LogP contribution in [0, 0.1) is 0 Å². The fraction of sp³-hybridized carbons (Fsp3) is 0. The van der Waals surface area contributed by atoms with Crippen molar-refractivity contribution in [3.8, 4) is 0 Å². The van der Waals surface area contributed by atoms with E-state index in [2.05, 4.69) is 28.2 Å². The van der Waals surface area contributed by atoms with Gasteiger partial charge in [0.05, 0.1) is 11.8 Å². The Labute approximate surface area is 80.6 Å². The number of H-pyrrole nitrogens is 1.